The van der Waals surface area contributed by atoms with E-state index in [0.29, 0.717) is 17.1 Å². The monoisotopic (exact) mass is 439 g/mol. The molecule has 0 aliphatic rings. The zero-order valence-electron chi connectivity index (χ0n) is 15.4. The Hall–Kier alpha value is -2.35. The van der Waals surface area contributed by atoms with Crippen LogP contribution in [0.3, 0.4) is 0 Å². The van der Waals surface area contributed by atoms with E-state index in [1.54, 1.807) is 50.2 Å². The lowest BCUT2D eigenvalue weighted by Gasteiger charge is -2.15. The van der Waals surface area contributed by atoms with Crippen molar-refractivity contribution in [3.05, 3.63) is 52.0 Å². The average Bonchev–Trinajstić information content (AvgIpc) is 2.64. The van der Waals surface area contributed by atoms with Gasteiger partial charge in [-0.1, -0.05) is 43.1 Å². The maximum Gasteiger partial charge on any atom is 0.258 e. The number of benzene rings is 2. The molecule has 148 valence electrons. The number of ether oxygens (including phenoxy) is 1. The van der Waals surface area contributed by atoms with Crippen LogP contribution in [0.4, 0.5) is 11.4 Å². The van der Waals surface area contributed by atoms with Gasteiger partial charge in [-0.3, -0.25) is 14.9 Å². The summed E-state index contributed by atoms with van der Waals surface area (Å²) >= 11 is 17.1. The molecule has 2 amide bonds. The smallest absolute Gasteiger partial charge is 0.258 e. The predicted octanol–water partition coefficient (Wildman–Crippen LogP) is 4.72. The zero-order chi connectivity index (χ0) is 20.8. The van der Waals surface area contributed by atoms with Gasteiger partial charge in [0.1, 0.15) is 5.75 Å². The molecule has 0 spiro atoms. The Morgan fingerprint density at radius 1 is 1.11 bits per heavy atom. The van der Waals surface area contributed by atoms with Crippen LogP contribution >= 0.6 is 35.4 Å². The van der Waals surface area contributed by atoms with E-state index in [2.05, 4.69) is 16.0 Å². The molecular formula is C19H19Cl2N3O3S. The fourth-order valence-corrected chi connectivity index (χ4v) is 2.76. The molecule has 9 heteroatoms. The molecule has 6 nitrogen and oxygen atoms in total. The van der Waals surface area contributed by atoms with Crippen LogP contribution in [0.25, 0.3) is 0 Å². The van der Waals surface area contributed by atoms with Crippen LogP contribution in [0.5, 0.6) is 5.75 Å². The second-order valence-corrected chi connectivity index (χ2v) is 7.26. The van der Waals surface area contributed by atoms with Gasteiger partial charge >= 0.3 is 0 Å². The highest BCUT2D eigenvalue weighted by atomic mass is 35.5. The van der Waals surface area contributed by atoms with Gasteiger partial charge in [0, 0.05) is 17.7 Å². The molecule has 28 heavy (non-hydrogen) atoms. The minimum absolute atomic E-state index is 0.0714. The second kappa shape index (κ2) is 9.73. The Morgan fingerprint density at radius 2 is 1.82 bits per heavy atom. The highest BCUT2D eigenvalue weighted by molar-refractivity contribution is 7.80. The molecule has 0 bridgehead atoms. The summed E-state index contributed by atoms with van der Waals surface area (Å²) in [6, 6.07) is 9.78. The molecule has 0 heterocycles. The van der Waals surface area contributed by atoms with E-state index in [4.69, 9.17) is 40.2 Å². The first-order chi connectivity index (χ1) is 13.2. The van der Waals surface area contributed by atoms with Crippen LogP contribution in [-0.4, -0.2) is 24.0 Å². The number of carbonyl (C=O) groups is 2. The van der Waals surface area contributed by atoms with Gasteiger partial charge in [-0.25, -0.2) is 0 Å². The number of thiocarbonyl (C=S) groups is 1. The lowest BCUT2D eigenvalue weighted by Crippen LogP contribution is -2.34. The summed E-state index contributed by atoms with van der Waals surface area (Å²) in [6.45, 7) is 3.59. The van der Waals surface area contributed by atoms with E-state index < -0.39 is 5.91 Å². The summed E-state index contributed by atoms with van der Waals surface area (Å²) in [5.41, 5.74) is 1.32. The van der Waals surface area contributed by atoms with Gasteiger partial charge in [0.25, 0.3) is 5.91 Å². The third-order valence-corrected chi connectivity index (χ3v) is 4.69. The van der Waals surface area contributed by atoms with Gasteiger partial charge in [-0.05, 0) is 36.5 Å². The number of halogens is 2. The maximum absolute atomic E-state index is 12.3. The fraction of sp³-hybridized carbons (Fsp3) is 0.211. The summed E-state index contributed by atoms with van der Waals surface area (Å²) < 4.78 is 5.31. The molecule has 3 N–H and O–H groups in total. The van der Waals surface area contributed by atoms with Gasteiger partial charge in [-0.2, -0.15) is 0 Å². The van der Waals surface area contributed by atoms with Crippen molar-refractivity contribution in [3.63, 3.8) is 0 Å². The Morgan fingerprint density at radius 3 is 2.46 bits per heavy atom. The molecule has 0 aliphatic carbocycles. The van der Waals surface area contributed by atoms with Gasteiger partial charge in [-0.15, -0.1) is 0 Å². The summed E-state index contributed by atoms with van der Waals surface area (Å²) in [4.78, 5) is 24.2. The number of rotatable bonds is 5. The largest absolute Gasteiger partial charge is 0.494 e. The molecule has 0 saturated carbocycles. The molecular weight excluding hydrogens is 421 g/mol. The highest BCUT2D eigenvalue weighted by Crippen LogP contribution is 2.28. The number of methoxy groups -OCH3 is 1. The maximum atomic E-state index is 12.3. The van der Waals surface area contributed by atoms with Gasteiger partial charge in [0.2, 0.25) is 5.91 Å². The van der Waals surface area contributed by atoms with Gasteiger partial charge < -0.3 is 15.4 Å². The molecule has 2 aromatic carbocycles. The van der Waals surface area contributed by atoms with Crippen molar-refractivity contribution < 1.29 is 14.3 Å². The first-order valence-corrected chi connectivity index (χ1v) is 9.44. The first kappa shape index (κ1) is 21.9. The molecule has 0 aliphatic heterocycles. The van der Waals surface area contributed by atoms with E-state index in [-0.39, 0.29) is 32.5 Å². The van der Waals surface area contributed by atoms with Crippen LogP contribution < -0.4 is 20.7 Å². The van der Waals surface area contributed by atoms with Crippen molar-refractivity contribution in [1.82, 2.24) is 5.32 Å². The number of carbonyl (C=O) groups excluding carboxylic acids is 2. The Bertz CT molecular complexity index is 919. The number of anilines is 2. The number of nitrogens with one attached hydrogen (secondary N) is 3. The SMILES string of the molecule is COc1cc(NC(=S)NC(=O)c2cccc(Cl)c2Cl)ccc1NC(=O)C(C)C. The highest BCUT2D eigenvalue weighted by Gasteiger charge is 2.15. The van der Waals surface area contributed by atoms with E-state index in [1.807, 2.05) is 0 Å². The van der Waals surface area contributed by atoms with Crippen LogP contribution in [-0.2, 0) is 4.79 Å². The van der Waals surface area contributed by atoms with Crippen LogP contribution in [0, 0.1) is 5.92 Å². The van der Waals surface area contributed by atoms with Crippen molar-refractivity contribution in [1.29, 1.82) is 0 Å². The lowest BCUT2D eigenvalue weighted by atomic mass is 10.2. The minimum atomic E-state index is -0.488. The molecule has 0 fully saturated rings. The van der Waals surface area contributed by atoms with E-state index in [0.717, 1.165) is 0 Å². The number of hydrogen-bond acceptors (Lipinski definition) is 4. The second-order valence-electron chi connectivity index (χ2n) is 6.07. The van der Waals surface area contributed by atoms with Crippen LogP contribution in [0.1, 0.15) is 24.2 Å². The zero-order valence-corrected chi connectivity index (χ0v) is 17.8. The first-order valence-electron chi connectivity index (χ1n) is 8.28. The van der Waals surface area contributed by atoms with Crippen LogP contribution in [0.15, 0.2) is 36.4 Å². The molecule has 0 radical (unpaired) electrons. The summed E-state index contributed by atoms with van der Waals surface area (Å²) in [6.07, 6.45) is 0. The van der Waals surface area contributed by atoms with E-state index >= 15 is 0 Å². The lowest BCUT2D eigenvalue weighted by molar-refractivity contribution is -0.118. The van der Waals surface area contributed by atoms with Crippen molar-refractivity contribution in [2.75, 3.05) is 17.7 Å². The van der Waals surface area contributed by atoms with Crippen molar-refractivity contribution in [2.24, 2.45) is 5.92 Å². The summed E-state index contributed by atoms with van der Waals surface area (Å²) in [5.74, 6) is -0.326. The topological polar surface area (TPSA) is 79.5 Å². The molecule has 0 atom stereocenters. The molecule has 0 unspecified atom stereocenters. The molecule has 2 rings (SSSR count). The summed E-state index contributed by atoms with van der Waals surface area (Å²) in [5, 5.41) is 8.71. The molecule has 0 saturated heterocycles. The van der Waals surface area contributed by atoms with Gasteiger partial charge in [0.05, 0.1) is 28.4 Å². The third kappa shape index (κ3) is 5.58. The molecule has 0 aromatic heterocycles. The molecule has 2 aromatic rings. The normalized spacial score (nSPS) is 10.4. The Balaban J connectivity index is 2.08. The Labute approximate surface area is 178 Å². The standard InChI is InChI=1S/C19H19Cl2N3O3S/c1-10(2)17(25)23-14-8-7-11(9-15(14)27-3)22-19(28)24-18(26)12-5-4-6-13(20)16(12)21/h4-10H,1-3H3,(H,23,25)(H2,22,24,26,28). The van der Waals surface area contributed by atoms with Crippen molar-refractivity contribution >= 4 is 63.7 Å². The van der Waals surface area contributed by atoms with Crippen LogP contribution in [0.2, 0.25) is 10.0 Å². The third-order valence-electron chi connectivity index (χ3n) is 3.66. The number of hydrogen-bond donors (Lipinski definition) is 3. The van der Waals surface area contributed by atoms with E-state index in [9.17, 15) is 9.59 Å². The summed E-state index contributed by atoms with van der Waals surface area (Å²) in [7, 11) is 1.49. The quantitative estimate of drug-likeness (QED) is 0.587. The Kier molecular flexibility index (Phi) is 7.62. The fourth-order valence-electron chi connectivity index (χ4n) is 2.16. The minimum Gasteiger partial charge on any atom is -0.494 e. The van der Waals surface area contributed by atoms with Gasteiger partial charge in [0.15, 0.2) is 5.11 Å². The van der Waals surface area contributed by atoms with Crippen molar-refractivity contribution in [2.45, 2.75) is 13.8 Å². The number of amides is 2. The average molecular weight is 440 g/mol. The van der Waals surface area contributed by atoms with E-state index in [1.165, 1.54) is 7.11 Å². The van der Waals surface area contributed by atoms with Crippen molar-refractivity contribution in [3.8, 4) is 5.75 Å². The predicted molar refractivity (Wildman–Crippen MR) is 117 cm³/mol.